The molecular formula is C31H32ClN3O5. The average Bonchev–Trinajstić information content (AvgIpc) is 3.27. The molecule has 0 radical (unpaired) electrons. The number of hydrogen-bond donors (Lipinski definition) is 1. The molecule has 0 aromatic heterocycles. The third-order valence-electron chi connectivity index (χ3n) is 8.41. The van der Waals surface area contributed by atoms with Gasteiger partial charge < -0.3 is 24.5 Å². The molecule has 0 bridgehead atoms. The van der Waals surface area contributed by atoms with Crippen molar-refractivity contribution in [3.63, 3.8) is 0 Å². The van der Waals surface area contributed by atoms with E-state index in [4.69, 9.17) is 16.3 Å². The molecule has 1 spiro atoms. The van der Waals surface area contributed by atoms with Crippen molar-refractivity contribution >= 4 is 35.0 Å². The summed E-state index contributed by atoms with van der Waals surface area (Å²) in [5, 5.41) is 9.83. The molecule has 1 unspecified atom stereocenters. The standard InChI is InChI=1S/C31H32ClN3O5/c32-22-12-4-5-13-23(22)34-18-9-15-31-26(29(38)35(17-6-7-19-36)27(31)30(34)39)25-24(40-31)14-8-16-33(28(25)37)20-21-10-2-1-3-11-21/h1-5,8-15,24-27,36H,6-7,16-20H2/t24-,25+,26+,27?,31+/m1/s1. The number of anilines is 1. The fourth-order valence-electron chi connectivity index (χ4n) is 6.66. The smallest absolute Gasteiger partial charge is 0.253 e. The minimum absolute atomic E-state index is 0.0141. The maximum Gasteiger partial charge on any atom is 0.253 e. The molecule has 4 aliphatic heterocycles. The highest BCUT2D eigenvalue weighted by Gasteiger charge is 2.71. The number of nitrogens with zero attached hydrogens (tertiary/aromatic N) is 3. The van der Waals surface area contributed by atoms with Gasteiger partial charge in [-0.1, -0.05) is 78.4 Å². The first kappa shape index (κ1) is 26.7. The van der Waals surface area contributed by atoms with Crippen LogP contribution in [0.25, 0.3) is 0 Å². The Kier molecular flexibility index (Phi) is 7.25. The van der Waals surface area contributed by atoms with Crippen molar-refractivity contribution in [1.29, 1.82) is 0 Å². The summed E-state index contributed by atoms with van der Waals surface area (Å²) >= 11 is 6.50. The number of benzene rings is 2. The highest BCUT2D eigenvalue weighted by Crippen LogP contribution is 2.53. The van der Waals surface area contributed by atoms with Crippen LogP contribution in [0.2, 0.25) is 5.02 Å². The normalized spacial score (nSPS) is 29.4. The lowest BCUT2D eigenvalue weighted by Gasteiger charge is -2.35. The number of carbonyl (C=O) groups excluding carboxylic acids is 3. The zero-order valence-corrected chi connectivity index (χ0v) is 22.8. The van der Waals surface area contributed by atoms with Gasteiger partial charge in [-0.15, -0.1) is 0 Å². The van der Waals surface area contributed by atoms with Gasteiger partial charge in [0.05, 0.1) is 28.6 Å². The van der Waals surface area contributed by atoms with Crippen LogP contribution in [0.5, 0.6) is 0 Å². The van der Waals surface area contributed by atoms with Crippen molar-refractivity contribution in [2.45, 2.75) is 37.1 Å². The van der Waals surface area contributed by atoms with Crippen molar-refractivity contribution in [3.05, 3.63) is 89.5 Å². The second-order valence-electron chi connectivity index (χ2n) is 10.7. The summed E-state index contributed by atoms with van der Waals surface area (Å²) in [5.74, 6) is -2.33. The fourth-order valence-corrected chi connectivity index (χ4v) is 6.89. The first-order valence-corrected chi connectivity index (χ1v) is 14.2. The van der Waals surface area contributed by atoms with Crippen LogP contribution in [0.4, 0.5) is 5.69 Å². The third kappa shape index (κ3) is 4.35. The second kappa shape index (κ2) is 10.8. The number of carbonyl (C=O) groups is 3. The average molecular weight is 562 g/mol. The summed E-state index contributed by atoms with van der Waals surface area (Å²) in [6.07, 6.45) is 7.85. The maximum absolute atomic E-state index is 14.4. The van der Waals surface area contributed by atoms with Crippen LogP contribution in [0.1, 0.15) is 18.4 Å². The molecule has 5 atom stereocenters. The first-order chi connectivity index (χ1) is 19.5. The number of halogens is 1. The fraction of sp³-hybridized carbons (Fsp3) is 0.387. The van der Waals surface area contributed by atoms with Crippen molar-refractivity contribution < 1.29 is 24.2 Å². The molecule has 1 N–H and O–H groups in total. The van der Waals surface area contributed by atoms with Crippen molar-refractivity contribution in [3.8, 4) is 0 Å². The topological polar surface area (TPSA) is 90.4 Å². The molecule has 2 fully saturated rings. The number of amides is 3. The van der Waals surface area contributed by atoms with E-state index in [1.807, 2.05) is 60.7 Å². The molecule has 9 heteroatoms. The highest BCUT2D eigenvalue weighted by molar-refractivity contribution is 6.34. The van der Waals surface area contributed by atoms with Gasteiger partial charge in [-0.05, 0) is 30.5 Å². The number of fused-ring (bicyclic) bond motifs is 2. The number of rotatable bonds is 7. The number of aliphatic hydroxyl groups excluding tert-OH is 1. The van der Waals surface area contributed by atoms with E-state index in [1.54, 1.807) is 32.9 Å². The van der Waals surface area contributed by atoms with Gasteiger partial charge in [0.1, 0.15) is 11.6 Å². The molecule has 4 aliphatic rings. The minimum atomic E-state index is -1.30. The molecule has 3 amide bonds. The Labute approximate surface area is 238 Å². The Morgan fingerprint density at radius 2 is 1.70 bits per heavy atom. The monoisotopic (exact) mass is 561 g/mol. The van der Waals surface area contributed by atoms with Gasteiger partial charge in [-0.3, -0.25) is 14.4 Å². The number of likely N-dealkylation sites (tertiary alicyclic amines) is 1. The number of aliphatic hydroxyl groups is 1. The lowest BCUT2D eigenvalue weighted by Crippen LogP contribution is -2.55. The molecule has 8 nitrogen and oxygen atoms in total. The Balaban J connectivity index is 1.39. The SMILES string of the molecule is O=C1[C@@H]2[C@H]3C(=O)N(CCCCO)C4C(=O)N(c5ccccc5Cl)CC=C[C@@]43O[C@@H]2C=CCN1Cc1ccccc1. The molecule has 6 rings (SSSR count). The summed E-state index contributed by atoms with van der Waals surface area (Å²) in [6, 6.07) is 15.9. The van der Waals surface area contributed by atoms with Crippen LogP contribution in [0.15, 0.2) is 78.9 Å². The third-order valence-corrected chi connectivity index (χ3v) is 8.73. The van der Waals surface area contributed by atoms with Crippen LogP contribution in [-0.2, 0) is 25.7 Å². The Hall–Kier alpha value is -3.46. The van der Waals surface area contributed by atoms with E-state index in [9.17, 15) is 19.5 Å². The lowest BCUT2D eigenvalue weighted by atomic mass is 9.77. The van der Waals surface area contributed by atoms with Gasteiger partial charge in [-0.25, -0.2) is 0 Å². The van der Waals surface area contributed by atoms with Crippen LogP contribution in [-0.4, -0.2) is 76.6 Å². The summed E-state index contributed by atoms with van der Waals surface area (Å²) in [6.45, 7) is 1.35. The number of hydrogen-bond acceptors (Lipinski definition) is 5. The quantitative estimate of drug-likeness (QED) is 0.414. The minimum Gasteiger partial charge on any atom is -0.396 e. The second-order valence-corrected chi connectivity index (χ2v) is 11.1. The molecule has 208 valence electrons. The largest absolute Gasteiger partial charge is 0.396 e. The maximum atomic E-state index is 14.4. The van der Waals surface area contributed by atoms with Crippen molar-refractivity contribution in [2.24, 2.45) is 11.8 Å². The van der Waals surface area contributed by atoms with E-state index >= 15 is 0 Å². The van der Waals surface area contributed by atoms with Crippen LogP contribution in [0.3, 0.4) is 0 Å². The zero-order chi connectivity index (χ0) is 27.9. The van der Waals surface area contributed by atoms with Gasteiger partial charge in [-0.2, -0.15) is 0 Å². The number of ether oxygens (including phenoxy) is 1. The number of unbranched alkanes of at least 4 members (excludes halogenated alkanes) is 1. The molecular weight excluding hydrogens is 530 g/mol. The van der Waals surface area contributed by atoms with E-state index < -0.39 is 29.6 Å². The Bertz CT molecular complexity index is 1360. The zero-order valence-electron chi connectivity index (χ0n) is 22.1. The van der Waals surface area contributed by atoms with Crippen molar-refractivity contribution in [1.82, 2.24) is 9.80 Å². The van der Waals surface area contributed by atoms with Gasteiger partial charge in [0.2, 0.25) is 11.8 Å². The highest BCUT2D eigenvalue weighted by atomic mass is 35.5. The van der Waals surface area contributed by atoms with Crippen molar-refractivity contribution in [2.75, 3.05) is 31.1 Å². The molecule has 2 aromatic carbocycles. The van der Waals surface area contributed by atoms with Gasteiger partial charge >= 0.3 is 0 Å². The summed E-state index contributed by atoms with van der Waals surface area (Å²) in [4.78, 5) is 47.6. The summed E-state index contributed by atoms with van der Waals surface area (Å²) < 4.78 is 6.69. The van der Waals surface area contributed by atoms with E-state index in [2.05, 4.69) is 0 Å². The lowest BCUT2D eigenvalue weighted by molar-refractivity contribution is -0.144. The van der Waals surface area contributed by atoms with Gasteiger partial charge in [0, 0.05) is 32.8 Å². The van der Waals surface area contributed by atoms with Crippen LogP contribution < -0.4 is 4.90 Å². The molecule has 2 saturated heterocycles. The number of para-hydroxylation sites is 1. The van der Waals surface area contributed by atoms with E-state index in [1.165, 1.54) is 0 Å². The van der Waals surface area contributed by atoms with E-state index in [0.29, 0.717) is 36.6 Å². The predicted octanol–water partition coefficient (Wildman–Crippen LogP) is 3.19. The molecule has 0 aliphatic carbocycles. The Morgan fingerprint density at radius 1 is 0.925 bits per heavy atom. The Morgan fingerprint density at radius 3 is 2.48 bits per heavy atom. The van der Waals surface area contributed by atoms with Crippen LogP contribution >= 0.6 is 11.6 Å². The van der Waals surface area contributed by atoms with E-state index in [-0.39, 0.29) is 37.4 Å². The first-order valence-electron chi connectivity index (χ1n) is 13.8. The summed E-state index contributed by atoms with van der Waals surface area (Å²) in [5.41, 5.74) is 0.255. The van der Waals surface area contributed by atoms with Crippen LogP contribution in [0, 0.1) is 11.8 Å². The van der Waals surface area contributed by atoms with E-state index in [0.717, 1.165) is 5.56 Å². The van der Waals surface area contributed by atoms with Gasteiger partial charge in [0.15, 0.2) is 0 Å². The molecule has 0 saturated carbocycles. The molecule has 40 heavy (non-hydrogen) atoms. The summed E-state index contributed by atoms with van der Waals surface area (Å²) in [7, 11) is 0. The molecule has 2 aromatic rings. The van der Waals surface area contributed by atoms with Gasteiger partial charge in [0.25, 0.3) is 5.91 Å². The molecule has 4 heterocycles. The predicted molar refractivity (Wildman–Crippen MR) is 150 cm³/mol.